The van der Waals surface area contributed by atoms with Crippen molar-refractivity contribution in [2.45, 2.75) is 43.8 Å². The second kappa shape index (κ2) is 7.25. The number of rotatable bonds is 2. The first-order chi connectivity index (χ1) is 18.6. The molecule has 178 valence electrons. The topological polar surface area (TPSA) is 89.9 Å². The van der Waals surface area contributed by atoms with Gasteiger partial charge in [0.15, 0.2) is 0 Å². The summed E-state index contributed by atoms with van der Waals surface area (Å²) in [6.07, 6.45) is 11.8. The van der Waals surface area contributed by atoms with E-state index < -0.39 is 24.5 Å². The smallest absolute Gasteiger partial charge is 0.254 e. The molecule has 4 heterocycles. The van der Waals surface area contributed by atoms with Gasteiger partial charge in [-0.2, -0.15) is 0 Å². The van der Waals surface area contributed by atoms with Gasteiger partial charge in [-0.15, -0.1) is 6.42 Å². The molecule has 2 aromatic heterocycles. The van der Waals surface area contributed by atoms with E-state index in [1.807, 2.05) is 18.2 Å². The summed E-state index contributed by atoms with van der Waals surface area (Å²) in [6.45, 7) is -0.520. The molecule has 3 aliphatic rings. The average molecular weight is 478 g/mol. The van der Waals surface area contributed by atoms with E-state index in [1.165, 1.54) is 0 Å². The molecule has 0 unspecified atom stereocenters. The van der Waals surface area contributed by atoms with Crippen molar-refractivity contribution in [3.63, 3.8) is 0 Å². The maximum atomic E-state index is 13.6. The van der Waals surface area contributed by atoms with Crippen LogP contribution in [0.2, 0.25) is 0 Å². The standard InChI is InChI=1S/C29H26N6O/c1-4-17-6-5-7-20-25(17)23-13-24(34(3)27(20)36)26-33-21-9-8-18(12-22(21)35(23)26)19-14-31-28(32-15-19)29(30)11-10-16(29)2/h1,5-9,12,14-16,23-24H,10-11,13,30H2,2-3H3/t16-,23-,24-,29+/m1/s1/i3D3. The molecule has 0 spiro atoms. The maximum Gasteiger partial charge on any atom is 0.254 e. The van der Waals surface area contributed by atoms with Gasteiger partial charge in [-0.3, -0.25) is 4.79 Å². The van der Waals surface area contributed by atoms with Crippen LogP contribution in [-0.4, -0.2) is 37.3 Å². The number of terminal acetylenes is 1. The zero-order valence-electron chi connectivity index (χ0n) is 22.8. The van der Waals surface area contributed by atoms with Gasteiger partial charge in [0.1, 0.15) is 11.6 Å². The molecule has 2 aromatic carbocycles. The zero-order chi connectivity index (χ0) is 27.3. The van der Waals surface area contributed by atoms with Crippen LogP contribution >= 0.6 is 0 Å². The highest BCUT2D eigenvalue weighted by Crippen LogP contribution is 2.48. The van der Waals surface area contributed by atoms with Crippen molar-refractivity contribution >= 4 is 16.9 Å². The summed E-state index contributed by atoms with van der Waals surface area (Å²) in [4.78, 5) is 28.6. The van der Waals surface area contributed by atoms with Crippen molar-refractivity contribution in [1.82, 2.24) is 24.4 Å². The molecule has 1 amide bonds. The normalized spacial score (nSPS) is 27.8. The molecule has 7 nitrogen and oxygen atoms in total. The van der Waals surface area contributed by atoms with Crippen LogP contribution < -0.4 is 5.73 Å². The predicted molar refractivity (Wildman–Crippen MR) is 137 cm³/mol. The molecule has 2 N–H and O–H groups in total. The Morgan fingerprint density at radius 1 is 1.19 bits per heavy atom. The number of aromatic nitrogens is 4. The highest BCUT2D eigenvalue weighted by Gasteiger charge is 2.45. The molecule has 7 rings (SSSR count). The fourth-order valence-corrected chi connectivity index (χ4v) is 6.05. The summed E-state index contributed by atoms with van der Waals surface area (Å²) in [7, 11) is 0. The van der Waals surface area contributed by atoms with Gasteiger partial charge < -0.3 is 15.2 Å². The van der Waals surface area contributed by atoms with Crippen molar-refractivity contribution in [2.24, 2.45) is 11.7 Å². The second-order valence-corrected chi connectivity index (χ2v) is 10.2. The van der Waals surface area contributed by atoms with Crippen LogP contribution in [0.1, 0.15) is 75.5 Å². The molecule has 4 aromatic rings. The monoisotopic (exact) mass is 477 g/mol. The van der Waals surface area contributed by atoms with Crippen molar-refractivity contribution in [3.8, 4) is 23.5 Å². The lowest BCUT2D eigenvalue weighted by atomic mass is 9.68. The molecule has 0 radical (unpaired) electrons. The number of hydrogen-bond donors (Lipinski definition) is 1. The third-order valence-corrected chi connectivity index (χ3v) is 8.40. The van der Waals surface area contributed by atoms with Crippen LogP contribution in [0.3, 0.4) is 0 Å². The number of hydrogen-bond acceptors (Lipinski definition) is 5. The molecule has 36 heavy (non-hydrogen) atoms. The van der Waals surface area contributed by atoms with Crippen molar-refractivity contribution in [2.75, 3.05) is 6.98 Å². The van der Waals surface area contributed by atoms with E-state index in [0.29, 0.717) is 46.2 Å². The minimum Gasteiger partial charge on any atom is -0.331 e. The fraction of sp³-hybridized carbons (Fsp3) is 0.310. The van der Waals surface area contributed by atoms with Gasteiger partial charge in [-0.25, -0.2) is 15.0 Å². The Morgan fingerprint density at radius 3 is 2.72 bits per heavy atom. The third-order valence-electron chi connectivity index (χ3n) is 8.40. The molecular weight excluding hydrogens is 448 g/mol. The van der Waals surface area contributed by atoms with Gasteiger partial charge in [0.25, 0.3) is 5.91 Å². The van der Waals surface area contributed by atoms with E-state index in [9.17, 15) is 4.79 Å². The minimum atomic E-state index is -2.64. The van der Waals surface area contributed by atoms with Gasteiger partial charge in [0, 0.05) is 52.2 Å². The van der Waals surface area contributed by atoms with Gasteiger partial charge in [-0.1, -0.05) is 25.0 Å². The molecule has 4 atom stereocenters. The number of benzene rings is 2. The van der Waals surface area contributed by atoms with E-state index in [2.05, 4.69) is 27.4 Å². The first-order valence-corrected chi connectivity index (χ1v) is 12.2. The van der Waals surface area contributed by atoms with Gasteiger partial charge in [-0.05, 0) is 48.6 Å². The highest BCUT2D eigenvalue weighted by molar-refractivity contribution is 5.98. The molecule has 7 heteroatoms. The van der Waals surface area contributed by atoms with Crippen LogP contribution in [0.15, 0.2) is 48.8 Å². The summed E-state index contributed by atoms with van der Waals surface area (Å²) >= 11 is 0. The molecule has 1 aliphatic carbocycles. The van der Waals surface area contributed by atoms with Crippen molar-refractivity contribution in [3.05, 3.63) is 77.1 Å². The van der Waals surface area contributed by atoms with Gasteiger partial charge >= 0.3 is 0 Å². The van der Waals surface area contributed by atoms with E-state index >= 15 is 0 Å². The summed E-state index contributed by atoms with van der Waals surface area (Å²) < 4.78 is 26.6. The Hall–Kier alpha value is -4.02. The molecule has 1 saturated carbocycles. The van der Waals surface area contributed by atoms with Crippen LogP contribution in [0.5, 0.6) is 0 Å². The predicted octanol–water partition coefficient (Wildman–Crippen LogP) is 4.18. The van der Waals surface area contributed by atoms with Crippen LogP contribution in [0, 0.1) is 18.3 Å². The van der Waals surface area contributed by atoms with E-state index in [4.69, 9.17) is 21.3 Å². The van der Waals surface area contributed by atoms with Crippen LogP contribution in [-0.2, 0) is 5.54 Å². The number of carbonyl (C=O) groups excluding carboxylic acids is 1. The summed E-state index contributed by atoms with van der Waals surface area (Å²) in [5.74, 6) is 3.70. The molecule has 2 aliphatic heterocycles. The van der Waals surface area contributed by atoms with Crippen molar-refractivity contribution < 1.29 is 8.91 Å². The number of carbonyl (C=O) groups is 1. The zero-order valence-corrected chi connectivity index (χ0v) is 19.8. The Morgan fingerprint density at radius 2 is 2.03 bits per heavy atom. The van der Waals surface area contributed by atoms with E-state index in [1.54, 1.807) is 30.6 Å². The van der Waals surface area contributed by atoms with E-state index in [0.717, 1.165) is 34.4 Å². The first kappa shape index (κ1) is 18.3. The lowest BCUT2D eigenvalue weighted by Crippen LogP contribution is -2.51. The number of amides is 1. The molecule has 1 fully saturated rings. The lowest BCUT2D eigenvalue weighted by molar-refractivity contribution is 0.0734. The fourth-order valence-electron chi connectivity index (χ4n) is 6.05. The molecule has 0 saturated heterocycles. The summed E-state index contributed by atoms with van der Waals surface area (Å²) in [5, 5.41) is 0. The Balaban J connectivity index is 1.39. The Bertz CT molecular complexity index is 1720. The third kappa shape index (κ3) is 2.68. The van der Waals surface area contributed by atoms with Crippen molar-refractivity contribution in [1.29, 1.82) is 0 Å². The van der Waals surface area contributed by atoms with Crippen LogP contribution in [0.25, 0.3) is 22.2 Å². The first-order valence-electron chi connectivity index (χ1n) is 13.7. The maximum absolute atomic E-state index is 13.6. The molecular formula is C29H26N6O. The molecule has 2 bridgehead atoms. The average Bonchev–Trinajstić information content (AvgIpc) is 3.43. The highest BCUT2D eigenvalue weighted by atomic mass is 16.2. The van der Waals surface area contributed by atoms with E-state index in [-0.39, 0.29) is 6.04 Å². The quantitative estimate of drug-likeness (QED) is 0.438. The number of nitrogens with zero attached hydrogens (tertiary/aromatic N) is 5. The van der Waals surface area contributed by atoms with Gasteiger partial charge in [0.2, 0.25) is 0 Å². The number of nitrogens with two attached hydrogens (primary N) is 1. The Kier molecular flexibility index (Phi) is 3.68. The number of imidazole rings is 1. The minimum absolute atomic E-state index is 0.322. The summed E-state index contributed by atoms with van der Waals surface area (Å²) in [6, 6.07) is 9.98. The second-order valence-electron chi connectivity index (χ2n) is 10.2. The SMILES string of the molecule is [2H]C([2H])([2H])N1C(=O)c2cccc(C#C)c2[C@H]2C[C@@H]1c1nc3ccc(-c4cnc([C@]5(N)CC[C@H]5C)nc4)cc3n12. The van der Waals surface area contributed by atoms with Gasteiger partial charge in [0.05, 0.1) is 28.7 Å². The summed E-state index contributed by atoms with van der Waals surface area (Å²) in [5.41, 5.74) is 10.9. The largest absolute Gasteiger partial charge is 0.331 e. The lowest BCUT2D eigenvalue weighted by Gasteiger charge is -2.43. The van der Waals surface area contributed by atoms with Crippen LogP contribution in [0.4, 0.5) is 0 Å². The number of fused-ring (bicyclic) bond motifs is 9. The Labute approximate surface area is 213 Å².